The van der Waals surface area contributed by atoms with Crippen molar-refractivity contribution in [1.82, 2.24) is 10.1 Å². The van der Waals surface area contributed by atoms with E-state index in [1.165, 1.54) is 6.07 Å². The lowest BCUT2D eigenvalue weighted by atomic mass is 10.1. The van der Waals surface area contributed by atoms with Crippen LogP contribution in [0.15, 0.2) is 65.2 Å². The Balaban J connectivity index is 1.43. The summed E-state index contributed by atoms with van der Waals surface area (Å²) < 4.78 is 25.0. The summed E-state index contributed by atoms with van der Waals surface area (Å²) in [6, 6.07) is 17.9. The van der Waals surface area contributed by atoms with E-state index in [9.17, 15) is 9.18 Å². The number of amides is 1. The van der Waals surface area contributed by atoms with Crippen molar-refractivity contribution in [2.24, 2.45) is 0 Å². The van der Waals surface area contributed by atoms with E-state index >= 15 is 0 Å². The monoisotopic (exact) mass is 366 g/mol. The Bertz CT molecular complexity index is 926. The predicted molar refractivity (Wildman–Crippen MR) is 97.3 cm³/mol. The van der Waals surface area contributed by atoms with E-state index in [0.717, 1.165) is 5.56 Å². The summed E-state index contributed by atoms with van der Waals surface area (Å²) in [6.45, 7) is 1.18. The van der Waals surface area contributed by atoms with Gasteiger partial charge in [0.1, 0.15) is 11.9 Å². The maximum absolute atomic E-state index is 14.0. The van der Waals surface area contributed by atoms with Gasteiger partial charge in [0.25, 0.3) is 0 Å². The number of nitrogens with zero attached hydrogens (tertiary/aromatic N) is 2. The highest BCUT2D eigenvalue weighted by molar-refractivity contribution is 5.78. The number of morpholine rings is 1. The third-order valence-electron chi connectivity index (χ3n) is 4.62. The van der Waals surface area contributed by atoms with Gasteiger partial charge in [0.05, 0.1) is 25.3 Å². The Morgan fingerprint density at radius 1 is 1.15 bits per heavy atom. The van der Waals surface area contributed by atoms with Crippen LogP contribution in [0.25, 0.3) is 11.3 Å². The van der Waals surface area contributed by atoms with Crippen molar-refractivity contribution < 1.29 is 18.4 Å². The second-order valence-corrected chi connectivity index (χ2v) is 6.45. The van der Waals surface area contributed by atoms with Gasteiger partial charge in [0, 0.05) is 23.7 Å². The van der Waals surface area contributed by atoms with E-state index in [1.807, 2.05) is 30.3 Å². The normalized spacial score (nSPS) is 17.1. The molecule has 1 atom stereocenters. The molecule has 1 aliphatic heterocycles. The average Bonchev–Trinajstić information content (AvgIpc) is 3.17. The molecule has 6 heteroatoms. The number of hydrogen-bond acceptors (Lipinski definition) is 4. The Morgan fingerprint density at radius 2 is 1.93 bits per heavy atom. The molecule has 0 bridgehead atoms. The van der Waals surface area contributed by atoms with Crippen molar-refractivity contribution in [3.8, 4) is 11.3 Å². The van der Waals surface area contributed by atoms with Crippen LogP contribution >= 0.6 is 0 Å². The van der Waals surface area contributed by atoms with Crippen molar-refractivity contribution in [3.63, 3.8) is 0 Å². The SMILES string of the molecule is O=C(Cc1cc(-c2ccccc2)on1)N1CCOC(c2ccccc2F)C1. The fourth-order valence-corrected chi connectivity index (χ4v) is 3.20. The Labute approximate surface area is 156 Å². The van der Waals surface area contributed by atoms with Crippen LogP contribution in [0, 0.1) is 5.82 Å². The summed E-state index contributed by atoms with van der Waals surface area (Å²) in [5, 5.41) is 4.00. The molecule has 27 heavy (non-hydrogen) atoms. The van der Waals surface area contributed by atoms with E-state index in [0.29, 0.717) is 36.7 Å². The molecular formula is C21H19FN2O3. The van der Waals surface area contributed by atoms with Crippen LogP contribution in [0.4, 0.5) is 4.39 Å². The van der Waals surface area contributed by atoms with Crippen molar-refractivity contribution in [3.05, 3.63) is 77.7 Å². The molecule has 1 aromatic heterocycles. The third-order valence-corrected chi connectivity index (χ3v) is 4.62. The minimum Gasteiger partial charge on any atom is -0.370 e. The molecule has 0 N–H and O–H groups in total. The molecule has 0 spiro atoms. The molecule has 1 saturated heterocycles. The number of benzene rings is 2. The molecular weight excluding hydrogens is 347 g/mol. The minimum absolute atomic E-state index is 0.0763. The first-order valence-electron chi connectivity index (χ1n) is 8.85. The standard InChI is InChI=1S/C21H19FN2O3/c22-18-9-5-4-8-17(18)20-14-24(10-11-26-20)21(25)13-16-12-19(27-23-16)15-6-2-1-3-7-15/h1-9,12,20H,10-11,13-14H2. The zero-order chi connectivity index (χ0) is 18.6. The number of halogens is 1. The molecule has 3 aromatic rings. The minimum atomic E-state index is -0.457. The molecule has 5 nitrogen and oxygen atoms in total. The van der Waals surface area contributed by atoms with Gasteiger partial charge in [-0.25, -0.2) is 4.39 Å². The van der Waals surface area contributed by atoms with Gasteiger partial charge in [-0.15, -0.1) is 0 Å². The highest BCUT2D eigenvalue weighted by Gasteiger charge is 2.27. The average molecular weight is 366 g/mol. The summed E-state index contributed by atoms with van der Waals surface area (Å²) in [6.07, 6.45) is -0.318. The Hall–Kier alpha value is -2.99. The van der Waals surface area contributed by atoms with Crippen LogP contribution in [-0.4, -0.2) is 35.7 Å². The van der Waals surface area contributed by atoms with Gasteiger partial charge < -0.3 is 14.2 Å². The Morgan fingerprint density at radius 3 is 2.74 bits per heavy atom. The lowest BCUT2D eigenvalue weighted by molar-refractivity contribution is -0.138. The van der Waals surface area contributed by atoms with E-state index in [1.54, 1.807) is 29.2 Å². The summed E-state index contributed by atoms with van der Waals surface area (Å²) >= 11 is 0. The maximum Gasteiger partial charge on any atom is 0.228 e. The molecule has 1 fully saturated rings. The summed E-state index contributed by atoms with van der Waals surface area (Å²) in [5.41, 5.74) is 1.96. The van der Waals surface area contributed by atoms with Crippen LogP contribution in [0.5, 0.6) is 0 Å². The molecule has 1 amide bonds. The van der Waals surface area contributed by atoms with Crippen LogP contribution in [0.3, 0.4) is 0 Å². The first kappa shape index (κ1) is 17.4. The van der Waals surface area contributed by atoms with Crippen molar-refractivity contribution in [1.29, 1.82) is 0 Å². The van der Waals surface area contributed by atoms with Gasteiger partial charge in [0.15, 0.2) is 5.76 Å². The second kappa shape index (κ2) is 7.72. The fourth-order valence-electron chi connectivity index (χ4n) is 3.20. The largest absolute Gasteiger partial charge is 0.370 e. The highest BCUT2D eigenvalue weighted by atomic mass is 19.1. The third kappa shape index (κ3) is 3.90. The van der Waals surface area contributed by atoms with Crippen LogP contribution in [0.1, 0.15) is 17.4 Å². The van der Waals surface area contributed by atoms with Gasteiger partial charge in [-0.3, -0.25) is 4.79 Å². The van der Waals surface area contributed by atoms with E-state index in [2.05, 4.69) is 5.16 Å². The maximum atomic E-state index is 14.0. The van der Waals surface area contributed by atoms with Gasteiger partial charge in [0.2, 0.25) is 5.91 Å². The van der Waals surface area contributed by atoms with Crippen molar-refractivity contribution >= 4 is 5.91 Å². The fraction of sp³-hybridized carbons (Fsp3) is 0.238. The number of aromatic nitrogens is 1. The quantitative estimate of drug-likeness (QED) is 0.708. The zero-order valence-electron chi connectivity index (χ0n) is 14.7. The highest BCUT2D eigenvalue weighted by Crippen LogP contribution is 2.25. The smallest absolute Gasteiger partial charge is 0.228 e. The molecule has 1 aliphatic rings. The number of carbonyl (C=O) groups is 1. The molecule has 0 aliphatic carbocycles. The first-order chi connectivity index (χ1) is 13.2. The van der Waals surface area contributed by atoms with Crippen LogP contribution in [0.2, 0.25) is 0 Å². The van der Waals surface area contributed by atoms with Crippen LogP contribution in [-0.2, 0) is 16.0 Å². The molecule has 1 unspecified atom stereocenters. The molecule has 2 aromatic carbocycles. The number of rotatable bonds is 4. The van der Waals surface area contributed by atoms with E-state index in [4.69, 9.17) is 9.26 Å². The predicted octanol–water partition coefficient (Wildman–Crippen LogP) is 3.62. The summed E-state index contributed by atoms with van der Waals surface area (Å²) in [5.74, 6) is 0.234. The molecule has 2 heterocycles. The lowest BCUT2D eigenvalue weighted by Crippen LogP contribution is -2.43. The summed E-state index contributed by atoms with van der Waals surface area (Å²) in [4.78, 5) is 14.4. The summed E-state index contributed by atoms with van der Waals surface area (Å²) in [7, 11) is 0. The number of carbonyl (C=O) groups excluding carboxylic acids is 1. The molecule has 138 valence electrons. The molecule has 0 radical (unpaired) electrons. The van der Waals surface area contributed by atoms with Crippen molar-refractivity contribution in [2.75, 3.05) is 19.7 Å². The van der Waals surface area contributed by atoms with Crippen LogP contribution < -0.4 is 0 Å². The van der Waals surface area contributed by atoms with Gasteiger partial charge in [-0.2, -0.15) is 0 Å². The topological polar surface area (TPSA) is 55.6 Å². The second-order valence-electron chi connectivity index (χ2n) is 6.45. The molecule has 4 rings (SSSR count). The van der Waals surface area contributed by atoms with Gasteiger partial charge in [-0.05, 0) is 6.07 Å². The zero-order valence-corrected chi connectivity index (χ0v) is 14.7. The number of hydrogen-bond donors (Lipinski definition) is 0. The molecule has 0 saturated carbocycles. The number of ether oxygens (including phenoxy) is 1. The van der Waals surface area contributed by atoms with Gasteiger partial charge >= 0.3 is 0 Å². The van der Waals surface area contributed by atoms with E-state index in [-0.39, 0.29) is 18.1 Å². The van der Waals surface area contributed by atoms with E-state index < -0.39 is 6.10 Å². The van der Waals surface area contributed by atoms with Crippen molar-refractivity contribution in [2.45, 2.75) is 12.5 Å². The Kier molecular flexibility index (Phi) is 4.98. The lowest BCUT2D eigenvalue weighted by Gasteiger charge is -2.33. The van der Waals surface area contributed by atoms with Gasteiger partial charge in [-0.1, -0.05) is 53.7 Å². The first-order valence-corrected chi connectivity index (χ1v) is 8.85.